The summed E-state index contributed by atoms with van der Waals surface area (Å²) in [4.78, 5) is 0. The average molecular weight is 140 g/mol. The van der Waals surface area contributed by atoms with Gasteiger partial charge in [0.1, 0.15) is 0 Å². The molecule has 0 heterocycles. The van der Waals surface area contributed by atoms with E-state index in [0.717, 1.165) is 12.8 Å². The zero-order valence-corrected chi connectivity index (χ0v) is 6.64. The fraction of sp³-hybridized carbons (Fsp3) is 0.778. The van der Waals surface area contributed by atoms with Crippen molar-refractivity contribution in [2.24, 2.45) is 5.92 Å². The second-order valence-electron chi connectivity index (χ2n) is 3.42. The standard InChI is InChI=1S/C9H16O/c1-7(2)6-8-4-3-5-9(8)10/h8-10H,1,3-6H2,2H3/t8-,9+/m0/s1. The van der Waals surface area contributed by atoms with Crippen LogP contribution in [0.3, 0.4) is 0 Å². The maximum atomic E-state index is 9.40. The van der Waals surface area contributed by atoms with E-state index in [0.29, 0.717) is 5.92 Å². The summed E-state index contributed by atoms with van der Waals surface area (Å²) in [5, 5.41) is 9.40. The molecule has 1 rings (SSSR count). The summed E-state index contributed by atoms with van der Waals surface area (Å²) < 4.78 is 0. The third-order valence-electron chi connectivity index (χ3n) is 2.23. The monoisotopic (exact) mass is 140 g/mol. The van der Waals surface area contributed by atoms with Crippen LogP contribution in [0.15, 0.2) is 12.2 Å². The number of hydrogen-bond acceptors (Lipinski definition) is 1. The van der Waals surface area contributed by atoms with Gasteiger partial charge in [0.2, 0.25) is 0 Å². The third kappa shape index (κ3) is 1.84. The Labute approximate surface area is 62.8 Å². The molecule has 0 aromatic heterocycles. The van der Waals surface area contributed by atoms with Crippen molar-refractivity contribution in [3.05, 3.63) is 12.2 Å². The summed E-state index contributed by atoms with van der Waals surface area (Å²) in [6, 6.07) is 0. The molecule has 10 heavy (non-hydrogen) atoms. The second kappa shape index (κ2) is 3.20. The molecule has 58 valence electrons. The molecule has 0 spiro atoms. The summed E-state index contributed by atoms with van der Waals surface area (Å²) in [6.45, 7) is 5.87. The number of hydrogen-bond donors (Lipinski definition) is 1. The normalized spacial score (nSPS) is 32.6. The van der Waals surface area contributed by atoms with Gasteiger partial charge in [0, 0.05) is 0 Å². The molecule has 2 atom stereocenters. The summed E-state index contributed by atoms with van der Waals surface area (Å²) >= 11 is 0. The SMILES string of the molecule is C=C(C)C[C@@H]1CCC[C@H]1O. The molecule has 0 amide bonds. The van der Waals surface area contributed by atoms with Crippen LogP contribution in [-0.4, -0.2) is 11.2 Å². The minimum absolute atomic E-state index is 0.0447. The Bertz CT molecular complexity index is 129. The Morgan fingerprint density at radius 2 is 2.30 bits per heavy atom. The van der Waals surface area contributed by atoms with Gasteiger partial charge in [-0.15, -0.1) is 6.58 Å². The van der Waals surface area contributed by atoms with Crippen molar-refractivity contribution >= 4 is 0 Å². The lowest BCUT2D eigenvalue weighted by atomic mass is 9.98. The summed E-state index contributed by atoms with van der Waals surface area (Å²) in [7, 11) is 0. The Balaban J connectivity index is 2.33. The van der Waals surface area contributed by atoms with Crippen LogP contribution in [0.2, 0.25) is 0 Å². The van der Waals surface area contributed by atoms with Crippen LogP contribution in [-0.2, 0) is 0 Å². The van der Waals surface area contributed by atoms with Crippen molar-refractivity contribution in [1.29, 1.82) is 0 Å². The second-order valence-corrected chi connectivity index (χ2v) is 3.42. The number of rotatable bonds is 2. The Morgan fingerprint density at radius 3 is 2.70 bits per heavy atom. The van der Waals surface area contributed by atoms with Crippen LogP contribution < -0.4 is 0 Å². The van der Waals surface area contributed by atoms with E-state index in [9.17, 15) is 5.11 Å². The van der Waals surface area contributed by atoms with Gasteiger partial charge in [0.15, 0.2) is 0 Å². The van der Waals surface area contributed by atoms with Crippen molar-refractivity contribution in [2.45, 2.75) is 38.7 Å². The molecule has 1 fully saturated rings. The first kappa shape index (κ1) is 7.80. The maximum Gasteiger partial charge on any atom is 0.0571 e. The smallest absolute Gasteiger partial charge is 0.0571 e. The minimum atomic E-state index is -0.0447. The maximum absolute atomic E-state index is 9.40. The molecule has 0 aromatic carbocycles. The molecule has 1 nitrogen and oxygen atoms in total. The van der Waals surface area contributed by atoms with E-state index in [4.69, 9.17) is 0 Å². The Hall–Kier alpha value is -0.300. The molecule has 0 aliphatic heterocycles. The van der Waals surface area contributed by atoms with Gasteiger partial charge in [-0.1, -0.05) is 12.0 Å². The third-order valence-corrected chi connectivity index (χ3v) is 2.23. The first-order valence-electron chi connectivity index (χ1n) is 4.02. The molecule has 0 aromatic rings. The molecular formula is C9H16O. The number of aliphatic hydroxyl groups is 1. The van der Waals surface area contributed by atoms with Crippen LogP contribution in [0.1, 0.15) is 32.6 Å². The highest BCUT2D eigenvalue weighted by Gasteiger charge is 2.24. The number of allylic oxidation sites excluding steroid dienone is 1. The molecule has 0 saturated heterocycles. The highest BCUT2D eigenvalue weighted by Crippen LogP contribution is 2.29. The van der Waals surface area contributed by atoms with Gasteiger partial charge in [-0.2, -0.15) is 0 Å². The molecule has 1 saturated carbocycles. The summed E-state index contributed by atoms with van der Waals surface area (Å²) in [5.74, 6) is 0.512. The first-order valence-corrected chi connectivity index (χ1v) is 4.02. The van der Waals surface area contributed by atoms with E-state index in [2.05, 4.69) is 6.58 Å². The molecular weight excluding hydrogens is 124 g/mol. The quantitative estimate of drug-likeness (QED) is 0.582. The summed E-state index contributed by atoms with van der Waals surface area (Å²) in [5.41, 5.74) is 1.20. The Kier molecular flexibility index (Phi) is 2.50. The number of aliphatic hydroxyl groups excluding tert-OH is 1. The van der Waals surface area contributed by atoms with Gasteiger partial charge < -0.3 is 5.11 Å². The topological polar surface area (TPSA) is 20.2 Å². The van der Waals surface area contributed by atoms with Gasteiger partial charge in [-0.05, 0) is 32.1 Å². The van der Waals surface area contributed by atoms with Crippen LogP contribution in [0, 0.1) is 5.92 Å². The molecule has 1 aliphatic carbocycles. The predicted octanol–water partition coefficient (Wildman–Crippen LogP) is 2.11. The average Bonchev–Trinajstić information content (AvgIpc) is 2.15. The molecule has 0 radical (unpaired) electrons. The molecule has 1 heteroatoms. The van der Waals surface area contributed by atoms with Gasteiger partial charge in [0.25, 0.3) is 0 Å². The fourth-order valence-electron chi connectivity index (χ4n) is 1.70. The van der Waals surface area contributed by atoms with Gasteiger partial charge >= 0.3 is 0 Å². The zero-order valence-electron chi connectivity index (χ0n) is 6.64. The largest absolute Gasteiger partial charge is 0.393 e. The zero-order chi connectivity index (χ0) is 7.56. The van der Waals surface area contributed by atoms with E-state index < -0.39 is 0 Å². The van der Waals surface area contributed by atoms with E-state index in [1.165, 1.54) is 18.4 Å². The van der Waals surface area contributed by atoms with Crippen LogP contribution in [0.5, 0.6) is 0 Å². The van der Waals surface area contributed by atoms with Gasteiger partial charge in [0.05, 0.1) is 6.10 Å². The fourth-order valence-corrected chi connectivity index (χ4v) is 1.70. The van der Waals surface area contributed by atoms with Gasteiger partial charge in [-0.25, -0.2) is 0 Å². The van der Waals surface area contributed by atoms with E-state index in [-0.39, 0.29) is 6.10 Å². The van der Waals surface area contributed by atoms with E-state index in [1.807, 2.05) is 6.92 Å². The first-order chi connectivity index (χ1) is 4.70. The lowest BCUT2D eigenvalue weighted by molar-refractivity contribution is 0.133. The highest BCUT2D eigenvalue weighted by molar-refractivity contribution is 4.93. The van der Waals surface area contributed by atoms with Gasteiger partial charge in [-0.3, -0.25) is 0 Å². The van der Waals surface area contributed by atoms with E-state index in [1.54, 1.807) is 0 Å². The van der Waals surface area contributed by atoms with Crippen molar-refractivity contribution < 1.29 is 5.11 Å². The van der Waals surface area contributed by atoms with E-state index >= 15 is 0 Å². The van der Waals surface area contributed by atoms with Crippen LogP contribution in [0.25, 0.3) is 0 Å². The van der Waals surface area contributed by atoms with Crippen LogP contribution in [0.4, 0.5) is 0 Å². The molecule has 0 unspecified atom stereocenters. The molecule has 1 aliphatic rings. The minimum Gasteiger partial charge on any atom is -0.393 e. The van der Waals surface area contributed by atoms with Crippen molar-refractivity contribution in [3.8, 4) is 0 Å². The van der Waals surface area contributed by atoms with Crippen molar-refractivity contribution in [2.75, 3.05) is 0 Å². The van der Waals surface area contributed by atoms with Crippen molar-refractivity contribution in [3.63, 3.8) is 0 Å². The summed E-state index contributed by atoms with van der Waals surface area (Å²) in [6.07, 6.45) is 4.35. The highest BCUT2D eigenvalue weighted by atomic mass is 16.3. The van der Waals surface area contributed by atoms with Crippen LogP contribution >= 0.6 is 0 Å². The molecule has 0 bridgehead atoms. The lowest BCUT2D eigenvalue weighted by Gasteiger charge is -2.13. The van der Waals surface area contributed by atoms with Crippen molar-refractivity contribution in [1.82, 2.24) is 0 Å². The Morgan fingerprint density at radius 1 is 1.60 bits per heavy atom. The lowest BCUT2D eigenvalue weighted by Crippen LogP contribution is -2.12. The molecule has 1 N–H and O–H groups in total. The predicted molar refractivity (Wildman–Crippen MR) is 42.8 cm³/mol.